The van der Waals surface area contributed by atoms with E-state index in [-0.39, 0.29) is 6.10 Å². The summed E-state index contributed by atoms with van der Waals surface area (Å²) in [5.41, 5.74) is 1.21. The molecule has 1 aliphatic rings. The molecule has 0 aromatic heterocycles. The fourth-order valence-corrected chi connectivity index (χ4v) is 3.84. The minimum absolute atomic E-state index is 0.121. The molecule has 0 amide bonds. The molecule has 0 spiro atoms. The number of nitrogens with one attached hydrogen (secondary N) is 1. The third kappa shape index (κ3) is 7.00. The molecule has 3 rings (SSSR count). The fourth-order valence-electron chi connectivity index (χ4n) is 3.72. The highest BCUT2D eigenvalue weighted by atomic mass is 35.5. The van der Waals surface area contributed by atoms with Crippen LogP contribution >= 0.6 is 11.6 Å². The SMILES string of the molecule is CCC(C)C(CN1CCC(O)CC1)NCc1cccc(Oc2ccc(Cl)cc2)c1. The highest BCUT2D eigenvalue weighted by molar-refractivity contribution is 6.30. The summed E-state index contributed by atoms with van der Waals surface area (Å²) in [6, 6.07) is 16.1. The first kappa shape index (κ1) is 22.1. The van der Waals surface area contributed by atoms with Crippen molar-refractivity contribution in [2.45, 2.75) is 51.8 Å². The summed E-state index contributed by atoms with van der Waals surface area (Å²) in [5, 5.41) is 14.2. The highest BCUT2D eigenvalue weighted by Gasteiger charge is 2.22. The second-order valence-electron chi connectivity index (χ2n) is 8.11. The van der Waals surface area contributed by atoms with Crippen molar-refractivity contribution in [1.29, 1.82) is 0 Å². The van der Waals surface area contributed by atoms with Crippen molar-refractivity contribution < 1.29 is 9.84 Å². The molecule has 2 aromatic carbocycles. The van der Waals surface area contributed by atoms with Crippen LogP contribution in [0.1, 0.15) is 38.7 Å². The van der Waals surface area contributed by atoms with Crippen LogP contribution in [-0.2, 0) is 6.54 Å². The van der Waals surface area contributed by atoms with Crippen LogP contribution in [0.25, 0.3) is 0 Å². The van der Waals surface area contributed by atoms with Crippen LogP contribution in [0.4, 0.5) is 0 Å². The molecule has 1 aliphatic heterocycles. The number of aliphatic hydroxyl groups is 1. The standard InChI is InChI=1S/C24H33ClN2O2/c1-3-18(2)24(17-27-13-11-21(28)12-14-27)26-16-19-5-4-6-23(15-19)29-22-9-7-20(25)8-10-22/h4-10,15,18,21,24,26,28H,3,11-14,16-17H2,1-2H3. The quantitative estimate of drug-likeness (QED) is 0.597. The van der Waals surface area contributed by atoms with Gasteiger partial charge in [0.05, 0.1) is 6.10 Å². The molecule has 2 aromatic rings. The minimum Gasteiger partial charge on any atom is -0.457 e. The van der Waals surface area contributed by atoms with Crippen LogP contribution in [0, 0.1) is 5.92 Å². The monoisotopic (exact) mass is 416 g/mol. The number of aliphatic hydroxyl groups excluding tert-OH is 1. The average molecular weight is 417 g/mol. The van der Waals surface area contributed by atoms with E-state index < -0.39 is 0 Å². The second-order valence-corrected chi connectivity index (χ2v) is 8.54. The first-order valence-corrected chi connectivity index (χ1v) is 11.1. The fraction of sp³-hybridized carbons (Fsp3) is 0.500. The van der Waals surface area contributed by atoms with Gasteiger partial charge in [-0.2, -0.15) is 0 Å². The summed E-state index contributed by atoms with van der Waals surface area (Å²) >= 11 is 5.95. The molecule has 5 heteroatoms. The molecule has 158 valence electrons. The van der Waals surface area contributed by atoms with Crippen molar-refractivity contribution in [1.82, 2.24) is 10.2 Å². The molecule has 2 unspecified atom stereocenters. The molecular weight excluding hydrogens is 384 g/mol. The van der Waals surface area contributed by atoms with Gasteiger partial charge in [0.2, 0.25) is 0 Å². The van der Waals surface area contributed by atoms with E-state index in [1.54, 1.807) is 0 Å². The molecule has 0 bridgehead atoms. The van der Waals surface area contributed by atoms with Crippen LogP contribution < -0.4 is 10.1 Å². The Morgan fingerprint density at radius 3 is 2.55 bits per heavy atom. The van der Waals surface area contributed by atoms with Gasteiger partial charge in [-0.25, -0.2) is 0 Å². The van der Waals surface area contributed by atoms with E-state index >= 15 is 0 Å². The molecule has 29 heavy (non-hydrogen) atoms. The molecule has 1 fully saturated rings. The van der Waals surface area contributed by atoms with Gasteiger partial charge in [-0.1, -0.05) is 44.0 Å². The van der Waals surface area contributed by atoms with Crippen LogP contribution in [-0.4, -0.2) is 41.8 Å². The van der Waals surface area contributed by atoms with Crippen molar-refractivity contribution in [2.75, 3.05) is 19.6 Å². The lowest BCUT2D eigenvalue weighted by atomic mass is 9.97. The molecule has 0 saturated carbocycles. The van der Waals surface area contributed by atoms with Gasteiger partial charge >= 0.3 is 0 Å². The summed E-state index contributed by atoms with van der Waals surface area (Å²) < 4.78 is 5.96. The normalized spacial score (nSPS) is 17.8. The number of hydrogen-bond acceptors (Lipinski definition) is 4. The lowest BCUT2D eigenvalue weighted by molar-refractivity contribution is 0.0736. The molecular formula is C24H33ClN2O2. The Labute approximate surface area is 179 Å². The summed E-state index contributed by atoms with van der Waals surface area (Å²) in [7, 11) is 0. The number of halogens is 1. The van der Waals surface area contributed by atoms with Crippen molar-refractivity contribution in [3.05, 3.63) is 59.1 Å². The number of likely N-dealkylation sites (tertiary alicyclic amines) is 1. The first-order valence-electron chi connectivity index (χ1n) is 10.7. The van der Waals surface area contributed by atoms with Crippen molar-refractivity contribution in [3.63, 3.8) is 0 Å². The van der Waals surface area contributed by atoms with Gasteiger partial charge in [0, 0.05) is 37.2 Å². The summed E-state index contributed by atoms with van der Waals surface area (Å²) in [6.45, 7) is 8.38. The summed E-state index contributed by atoms with van der Waals surface area (Å²) in [5.74, 6) is 2.20. The predicted octanol–water partition coefficient (Wildman–Crippen LogP) is 5.09. The van der Waals surface area contributed by atoms with Crippen molar-refractivity contribution in [2.24, 2.45) is 5.92 Å². The van der Waals surface area contributed by atoms with Gasteiger partial charge < -0.3 is 20.1 Å². The van der Waals surface area contributed by atoms with E-state index in [2.05, 4.69) is 36.2 Å². The van der Waals surface area contributed by atoms with Gasteiger partial charge in [-0.05, 0) is 60.7 Å². The van der Waals surface area contributed by atoms with E-state index in [0.29, 0.717) is 17.0 Å². The molecule has 0 aliphatic carbocycles. The largest absolute Gasteiger partial charge is 0.457 e. The van der Waals surface area contributed by atoms with Crippen LogP contribution in [0.15, 0.2) is 48.5 Å². The topological polar surface area (TPSA) is 44.7 Å². The van der Waals surface area contributed by atoms with Gasteiger partial charge in [0.25, 0.3) is 0 Å². The molecule has 1 saturated heterocycles. The van der Waals surface area contributed by atoms with E-state index in [9.17, 15) is 5.11 Å². The predicted molar refractivity (Wildman–Crippen MR) is 120 cm³/mol. The van der Waals surface area contributed by atoms with E-state index in [4.69, 9.17) is 16.3 Å². The number of rotatable bonds is 9. The Morgan fingerprint density at radius 1 is 1.14 bits per heavy atom. The number of benzene rings is 2. The van der Waals surface area contributed by atoms with Crippen LogP contribution in [0.3, 0.4) is 0 Å². The van der Waals surface area contributed by atoms with E-state index in [0.717, 1.165) is 56.9 Å². The maximum Gasteiger partial charge on any atom is 0.127 e. The molecule has 4 nitrogen and oxygen atoms in total. The van der Waals surface area contributed by atoms with Crippen molar-refractivity contribution in [3.8, 4) is 11.5 Å². The first-order chi connectivity index (χ1) is 14.0. The summed E-state index contributed by atoms with van der Waals surface area (Å²) in [4.78, 5) is 2.48. The van der Waals surface area contributed by atoms with Gasteiger partial charge in [0.1, 0.15) is 11.5 Å². The van der Waals surface area contributed by atoms with Gasteiger partial charge in [-0.15, -0.1) is 0 Å². The Kier molecular flexibility index (Phi) is 8.37. The third-order valence-electron chi connectivity index (χ3n) is 5.86. The lowest BCUT2D eigenvalue weighted by Crippen LogP contribution is -2.47. The number of ether oxygens (including phenoxy) is 1. The van der Waals surface area contributed by atoms with E-state index in [1.807, 2.05) is 36.4 Å². The number of piperidine rings is 1. The molecule has 0 radical (unpaired) electrons. The molecule has 1 heterocycles. The zero-order valence-corrected chi connectivity index (χ0v) is 18.2. The molecule has 2 N–H and O–H groups in total. The van der Waals surface area contributed by atoms with Gasteiger partial charge in [0.15, 0.2) is 0 Å². The van der Waals surface area contributed by atoms with E-state index in [1.165, 1.54) is 5.56 Å². The molecule has 2 atom stereocenters. The average Bonchev–Trinajstić information content (AvgIpc) is 2.74. The number of hydrogen-bond donors (Lipinski definition) is 2. The van der Waals surface area contributed by atoms with Gasteiger partial charge in [-0.3, -0.25) is 0 Å². The zero-order valence-electron chi connectivity index (χ0n) is 17.5. The smallest absolute Gasteiger partial charge is 0.127 e. The lowest BCUT2D eigenvalue weighted by Gasteiger charge is -2.35. The maximum absolute atomic E-state index is 9.75. The minimum atomic E-state index is -0.121. The zero-order chi connectivity index (χ0) is 20.6. The highest BCUT2D eigenvalue weighted by Crippen LogP contribution is 2.24. The number of nitrogens with zero attached hydrogens (tertiary/aromatic N) is 1. The Balaban J connectivity index is 1.57. The third-order valence-corrected chi connectivity index (χ3v) is 6.11. The van der Waals surface area contributed by atoms with Crippen molar-refractivity contribution >= 4 is 11.6 Å². The Morgan fingerprint density at radius 2 is 1.86 bits per heavy atom. The Bertz CT molecular complexity index is 745. The summed E-state index contributed by atoms with van der Waals surface area (Å²) in [6.07, 6.45) is 2.80. The maximum atomic E-state index is 9.75. The van der Waals surface area contributed by atoms with Crippen LogP contribution in [0.5, 0.6) is 11.5 Å². The second kappa shape index (κ2) is 11.0. The Hall–Kier alpha value is -1.59. The van der Waals surface area contributed by atoms with Crippen LogP contribution in [0.2, 0.25) is 5.02 Å².